The van der Waals surface area contributed by atoms with Gasteiger partial charge in [-0.1, -0.05) is 60.2 Å². The van der Waals surface area contributed by atoms with E-state index in [1.807, 2.05) is 73.7 Å². The van der Waals surface area contributed by atoms with Gasteiger partial charge in [0.1, 0.15) is 11.8 Å². The van der Waals surface area contributed by atoms with Crippen LogP contribution in [-0.4, -0.2) is 58.6 Å². The molecule has 1 fully saturated rings. The maximum Gasteiger partial charge on any atom is 0.241 e. The lowest BCUT2D eigenvalue weighted by Crippen LogP contribution is -2.55. The molecule has 8 heteroatoms. The summed E-state index contributed by atoms with van der Waals surface area (Å²) in [4.78, 5) is 18.0. The van der Waals surface area contributed by atoms with Crippen molar-refractivity contribution < 1.29 is 17.9 Å². The van der Waals surface area contributed by atoms with Crippen LogP contribution in [0.4, 0.5) is 5.69 Å². The first-order valence-corrected chi connectivity index (χ1v) is 14.0. The molecule has 0 aliphatic carbocycles. The number of piperazine rings is 1. The van der Waals surface area contributed by atoms with E-state index in [1.54, 1.807) is 25.9 Å². The van der Waals surface area contributed by atoms with E-state index in [4.69, 9.17) is 4.74 Å². The predicted octanol–water partition coefficient (Wildman–Crippen LogP) is 3.86. The number of rotatable bonds is 8. The Balaban J connectivity index is 1.56. The number of nitrogens with zero attached hydrogens (tertiary/aromatic N) is 2. The Bertz CT molecular complexity index is 1330. The number of amides is 1. The van der Waals surface area contributed by atoms with E-state index < -0.39 is 16.1 Å². The topological polar surface area (TPSA) is 79.0 Å². The van der Waals surface area contributed by atoms with Crippen molar-refractivity contribution in [3.05, 3.63) is 89.0 Å². The summed E-state index contributed by atoms with van der Waals surface area (Å²) in [5.74, 6) is 0.579. The fourth-order valence-electron chi connectivity index (χ4n) is 5.15. The highest BCUT2D eigenvalue weighted by atomic mass is 32.2. The highest BCUT2D eigenvalue weighted by Gasteiger charge is 2.33. The highest BCUT2D eigenvalue weighted by Crippen LogP contribution is 2.29. The van der Waals surface area contributed by atoms with Crippen LogP contribution < -0.4 is 14.4 Å². The van der Waals surface area contributed by atoms with Gasteiger partial charge in [-0.25, -0.2) is 8.42 Å². The average molecular weight is 522 g/mol. The van der Waals surface area contributed by atoms with E-state index in [9.17, 15) is 13.2 Å². The van der Waals surface area contributed by atoms with Crippen molar-refractivity contribution >= 4 is 21.6 Å². The van der Waals surface area contributed by atoms with Gasteiger partial charge < -0.3 is 14.5 Å². The second kappa shape index (κ2) is 11.4. The van der Waals surface area contributed by atoms with Crippen molar-refractivity contribution in [2.75, 3.05) is 38.2 Å². The minimum absolute atomic E-state index is 0.213. The van der Waals surface area contributed by atoms with Crippen LogP contribution in [0.3, 0.4) is 0 Å². The lowest BCUT2D eigenvalue weighted by atomic mass is 10.1. The Labute approximate surface area is 220 Å². The number of nitrogens with one attached hydrogen (secondary N) is 1. The van der Waals surface area contributed by atoms with Gasteiger partial charge in [0.05, 0.1) is 17.7 Å². The number of hydrogen-bond donors (Lipinski definition) is 1. The molecule has 3 aromatic rings. The van der Waals surface area contributed by atoms with Crippen LogP contribution in [0.5, 0.6) is 5.75 Å². The molecule has 0 aromatic heterocycles. The minimum Gasteiger partial charge on any atom is -0.495 e. The van der Waals surface area contributed by atoms with E-state index in [0.717, 1.165) is 22.6 Å². The first-order valence-electron chi connectivity index (χ1n) is 12.5. The lowest BCUT2D eigenvalue weighted by Gasteiger charge is -2.38. The smallest absolute Gasteiger partial charge is 0.241 e. The summed E-state index contributed by atoms with van der Waals surface area (Å²) < 4.78 is 35.4. The molecule has 1 saturated heterocycles. The number of methoxy groups -OCH3 is 1. The van der Waals surface area contributed by atoms with Crippen molar-refractivity contribution in [2.24, 2.45) is 0 Å². The van der Waals surface area contributed by atoms with Crippen molar-refractivity contribution in [3.8, 4) is 5.75 Å². The predicted molar refractivity (Wildman–Crippen MR) is 147 cm³/mol. The molecule has 7 nitrogen and oxygen atoms in total. The van der Waals surface area contributed by atoms with Gasteiger partial charge >= 0.3 is 0 Å². The number of aryl methyl sites for hydroxylation is 3. The molecule has 37 heavy (non-hydrogen) atoms. The van der Waals surface area contributed by atoms with Crippen molar-refractivity contribution in [3.63, 3.8) is 0 Å². The molecule has 1 aliphatic heterocycles. The third-order valence-corrected chi connectivity index (χ3v) is 8.54. The van der Waals surface area contributed by atoms with Gasteiger partial charge in [-0.05, 0) is 56.0 Å². The first kappa shape index (κ1) is 26.7. The molecular weight excluding hydrogens is 486 g/mol. The molecule has 3 aromatic carbocycles. The first-order chi connectivity index (χ1) is 17.7. The Morgan fingerprint density at radius 3 is 2.14 bits per heavy atom. The normalized spacial score (nSPS) is 14.9. The van der Waals surface area contributed by atoms with Crippen molar-refractivity contribution in [1.82, 2.24) is 9.62 Å². The number of sulfonamides is 1. The lowest BCUT2D eigenvalue weighted by molar-refractivity contribution is -0.133. The van der Waals surface area contributed by atoms with Gasteiger partial charge in [0.15, 0.2) is 0 Å². The fourth-order valence-corrected chi connectivity index (χ4v) is 6.79. The number of hydrogen-bond acceptors (Lipinski definition) is 5. The third-order valence-electron chi connectivity index (χ3n) is 6.77. The molecule has 0 saturated carbocycles. The summed E-state index contributed by atoms with van der Waals surface area (Å²) in [6, 6.07) is 20.1. The quantitative estimate of drug-likeness (QED) is 0.487. The summed E-state index contributed by atoms with van der Waals surface area (Å²) >= 11 is 0. The molecule has 0 bridgehead atoms. The second-order valence-electron chi connectivity index (χ2n) is 9.58. The van der Waals surface area contributed by atoms with Gasteiger partial charge in [-0.2, -0.15) is 4.72 Å². The zero-order chi connectivity index (χ0) is 26.6. The molecule has 1 heterocycles. The standard InChI is InChI=1S/C29H35N3O4S/c1-21-18-22(2)28(23(3)19-21)37(34,35)30-25(20-24-10-6-5-7-11-24)29(33)32-16-14-31(15-17-32)26-12-8-9-13-27(26)36-4/h5-13,18-19,25,30H,14-17,20H2,1-4H3. The maximum absolute atomic E-state index is 13.8. The van der Waals surface area contributed by atoms with E-state index >= 15 is 0 Å². The Kier molecular flexibility index (Phi) is 8.19. The monoisotopic (exact) mass is 521 g/mol. The van der Waals surface area contributed by atoms with Crippen LogP contribution in [0.1, 0.15) is 22.3 Å². The zero-order valence-electron chi connectivity index (χ0n) is 21.9. The summed E-state index contributed by atoms with van der Waals surface area (Å²) in [7, 11) is -2.28. The number of benzene rings is 3. The van der Waals surface area contributed by atoms with Gasteiger partial charge in [0.2, 0.25) is 15.9 Å². The SMILES string of the molecule is COc1ccccc1N1CCN(C(=O)C(Cc2ccccc2)NS(=O)(=O)c2c(C)cc(C)cc2C)CC1. The number of para-hydroxylation sites is 2. The van der Waals surface area contributed by atoms with Crippen molar-refractivity contribution in [2.45, 2.75) is 38.1 Å². The average Bonchev–Trinajstić information content (AvgIpc) is 2.87. The maximum atomic E-state index is 13.8. The molecule has 1 atom stereocenters. The fraction of sp³-hybridized carbons (Fsp3) is 0.345. The molecule has 0 radical (unpaired) electrons. The number of ether oxygens (including phenoxy) is 1. The molecule has 1 amide bonds. The van der Waals surface area contributed by atoms with Gasteiger partial charge in [-0.15, -0.1) is 0 Å². The molecule has 1 unspecified atom stereocenters. The Hall–Kier alpha value is -3.36. The van der Waals surface area contributed by atoms with E-state index in [0.29, 0.717) is 37.3 Å². The van der Waals surface area contributed by atoms with Crippen LogP contribution in [0, 0.1) is 20.8 Å². The Morgan fingerprint density at radius 1 is 0.919 bits per heavy atom. The largest absolute Gasteiger partial charge is 0.495 e. The van der Waals surface area contributed by atoms with Crippen LogP contribution in [0.2, 0.25) is 0 Å². The van der Waals surface area contributed by atoms with E-state index in [-0.39, 0.29) is 17.2 Å². The second-order valence-corrected chi connectivity index (χ2v) is 11.2. The summed E-state index contributed by atoms with van der Waals surface area (Å²) in [5.41, 5.74) is 4.22. The van der Waals surface area contributed by atoms with E-state index in [1.165, 1.54) is 0 Å². The highest BCUT2D eigenvalue weighted by molar-refractivity contribution is 7.89. The number of carbonyl (C=O) groups is 1. The number of carbonyl (C=O) groups excluding carboxylic acids is 1. The van der Waals surface area contributed by atoms with Gasteiger partial charge in [0, 0.05) is 26.2 Å². The number of anilines is 1. The van der Waals surface area contributed by atoms with E-state index in [2.05, 4.69) is 9.62 Å². The summed E-state index contributed by atoms with van der Waals surface area (Å²) in [6.07, 6.45) is 0.273. The summed E-state index contributed by atoms with van der Waals surface area (Å²) in [6.45, 7) is 7.77. The van der Waals surface area contributed by atoms with Crippen molar-refractivity contribution in [1.29, 1.82) is 0 Å². The van der Waals surface area contributed by atoms with Gasteiger partial charge in [-0.3, -0.25) is 4.79 Å². The Morgan fingerprint density at radius 2 is 1.51 bits per heavy atom. The third kappa shape index (κ3) is 6.14. The summed E-state index contributed by atoms with van der Waals surface area (Å²) in [5, 5.41) is 0. The molecule has 4 rings (SSSR count). The van der Waals surface area contributed by atoms with Crippen LogP contribution in [-0.2, 0) is 21.2 Å². The molecule has 0 spiro atoms. The molecule has 1 N–H and O–H groups in total. The van der Waals surface area contributed by atoms with Crippen LogP contribution >= 0.6 is 0 Å². The van der Waals surface area contributed by atoms with Gasteiger partial charge in [0.25, 0.3) is 0 Å². The zero-order valence-corrected chi connectivity index (χ0v) is 22.7. The van der Waals surface area contributed by atoms with Crippen LogP contribution in [0.15, 0.2) is 71.6 Å². The molecule has 196 valence electrons. The molecule has 1 aliphatic rings. The molecular formula is C29H35N3O4S. The minimum atomic E-state index is -3.93. The van der Waals surface area contributed by atoms with Crippen LogP contribution in [0.25, 0.3) is 0 Å².